The summed E-state index contributed by atoms with van der Waals surface area (Å²) in [6.45, 7) is 0. The molecule has 2 rings (SSSR count). The zero-order chi connectivity index (χ0) is 17.2. The van der Waals surface area contributed by atoms with Gasteiger partial charge in [-0.25, -0.2) is 9.18 Å². The number of hydrogen-bond donors (Lipinski definition) is 0. The molecule has 2 aromatic rings. The van der Waals surface area contributed by atoms with Crippen molar-refractivity contribution in [3.05, 3.63) is 53.3 Å². The van der Waals surface area contributed by atoms with Crippen molar-refractivity contribution in [2.75, 3.05) is 14.2 Å². The summed E-state index contributed by atoms with van der Waals surface area (Å²) >= 11 is 0. The van der Waals surface area contributed by atoms with Crippen molar-refractivity contribution in [2.24, 2.45) is 0 Å². The van der Waals surface area contributed by atoms with Crippen molar-refractivity contribution in [3.8, 4) is 16.9 Å². The van der Waals surface area contributed by atoms with Gasteiger partial charge in [-0.3, -0.25) is 0 Å². The third-order valence-electron chi connectivity index (χ3n) is 3.21. The maximum atomic E-state index is 13.3. The van der Waals surface area contributed by atoms with E-state index in [0.29, 0.717) is 0 Å². The molecule has 0 aromatic heterocycles. The van der Waals surface area contributed by atoms with Gasteiger partial charge in [0.15, 0.2) is 0 Å². The van der Waals surface area contributed by atoms with Crippen molar-refractivity contribution in [2.45, 2.75) is 6.18 Å². The molecule has 0 bridgehead atoms. The van der Waals surface area contributed by atoms with E-state index in [0.717, 1.165) is 37.4 Å². The number of methoxy groups -OCH3 is 2. The average molecular weight is 328 g/mol. The molecule has 0 spiro atoms. The van der Waals surface area contributed by atoms with Gasteiger partial charge >= 0.3 is 12.1 Å². The molecule has 0 N–H and O–H groups in total. The first-order valence-corrected chi connectivity index (χ1v) is 6.41. The largest absolute Gasteiger partial charge is 0.496 e. The molecule has 0 aliphatic carbocycles. The van der Waals surface area contributed by atoms with E-state index in [1.54, 1.807) is 0 Å². The predicted molar refractivity (Wildman–Crippen MR) is 74.7 cm³/mol. The maximum absolute atomic E-state index is 13.3. The predicted octanol–water partition coefficient (Wildman–Crippen LogP) is 4.31. The van der Waals surface area contributed by atoms with Crippen LogP contribution in [0.3, 0.4) is 0 Å². The van der Waals surface area contributed by atoms with Gasteiger partial charge < -0.3 is 9.47 Å². The Kier molecular flexibility index (Phi) is 4.58. The molecule has 0 radical (unpaired) electrons. The van der Waals surface area contributed by atoms with Crippen molar-refractivity contribution in [1.29, 1.82) is 0 Å². The Morgan fingerprint density at radius 2 is 1.70 bits per heavy atom. The zero-order valence-corrected chi connectivity index (χ0v) is 12.2. The van der Waals surface area contributed by atoms with Crippen LogP contribution in [0.1, 0.15) is 15.9 Å². The summed E-state index contributed by atoms with van der Waals surface area (Å²) in [4.78, 5) is 11.8. The first kappa shape index (κ1) is 16.8. The molecule has 3 nitrogen and oxygen atoms in total. The number of esters is 1. The molecule has 2 aromatic carbocycles. The van der Waals surface area contributed by atoms with Gasteiger partial charge in [0.2, 0.25) is 0 Å². The highest BCUT2D eigenvalue weighted by Crippen LogP contribution is 2.38. The number of ether oxygens (including phenoxy) is 2. The molecule has 0 amide bonds. The maximum Gasteiger partial charge on any atom is 0.416 e. The SMILES string of the molecule is COC(=O)c1ccc(C(F)(F)F)cc1-c1ccc(F)cc1OC. The lowest BCUT2D eigenvalue weighted by Crippen LogP contribution is -2.09. The lowest BCUT2D eigenvalue weighted by molar-refractivity contribution is -0.137. The van der Waals surface area contributed by atoms with E-state index < -0.39 is 23.5 Å². The smallest absolute Gasteiger partial charge is 0.416 e. The Morgan fingerprint density at radius 1 is 1.00 bits per heavy atom. The highest BCUT2D eigenvalue weighted by molar-refractivity contribution is 5.98. The molecule has 0 aliphatic rings. The summed E-state index contributed by atoms with van der Waals surface area (Å²) in [5.41, 5.74) is -0.916. The minimum absolute atomic E-state index is 0.00878. The van der Waals surface area contributed by atoms with Crippen LogP contribution >= 0.6 is 0 Å². The first-order chi connectivity index (χ1) is 10.8. The van der Waals surface area contributed by atoms with Crippen molar-refractivity contribution >= 4 is 5.97 Å². The molecule has 7 heteroatoms. The van der Waals surface area contributed by atoms with Gasteiger partial charge in [0.05, 0.1) is 25.3 Å². The molecule has 0 fully saturated rings. The van der Waals surface area contributed by atoms with Crippen LogP contribution in [-0.2, 0) is 10.9 Å². The number of carbonyl (C=O) groups excluding carboxylic acids is 1. The lowest BCUT2D eigenvalue weighted by atomic mass is 9.96. The molecule has 122 valence electrons. The summed E-state index contributed by atoms with van der Waals surface area (Å²) in [5.74, 6) is -1.41. The fraction of sp³-hybridized carbons (Fsp3) is 0.188. The van der Waals surface area contributed by atoms with Crippen LogP contribution < -0.4 is 4.74 Å². The van der Waals surface area contributed by atoms with Gasteiger partial charge in [-0.05, 0) is 30.3 Å². The van der Waals surface area contributed by atoms with Gasteiger partial charge in [0, 0.05) is 17.2 Å². The monoisotopic (exact) mass is 328 g/mol. The van der Waals surface area contributed by atoms with E-state index in [4.69, 9.17) is 4.74 Å². The van der Waals surface area contributed by atoms with Crippen LogP contribution in [0.5, 0.6) is 5.75 Å². The molecule has 0 heterocycles. The Bertz CT molecular complexity index is 739. The van der Waals surface area contributed by atoms with Crippen molar-refractivity contribution in [1.82, 2.24) is 0 Å². The Balaban J connectivity index is 2.74. The quantitative estimate of drug-likeness (QED) is 0.622. The van der Waals surface area contributed by atoms with Crippen LogP contribution in [0, 0.1) is 5.82 Å². The Hall–Kier alpha value is -2.57. The van der Waals surface area contributed by atoms with E-state index in [9.17, 15) is 22.4 Å². The molecule has 0 saturated heterocycles. The van der Waals surface area contributed by atoms with Crippen molar-refractivity contribution < 1.29 is 31.8 Å². The van der Waals surface area contributed by atoms with Gasteiger partial charge in [-0.1, -0.05) is 0 Å². The average Bonchev–Trinajstić information content (AvgIpc) is 2.52. The lowest BCUT2D eigenvalue weighted by Gasteiger charge is -2.15. The van der Waals surface area contributed by atoms with Crippen LogP contribution in [-0.4, -0.2) is 20.2 Å². The summed E-state index contributed by atoms with van der Waals surface area (Å²) in [7, 11) is 2.37. The van der Waals surface area contributed by atoms with Crippen LogP contribution in [0.2, 0.25) is 0 Å². The normalized spacial score (nSPS) is 11.2. The summed E-state index contributed by atoms with van der Waals surface area (Å²) in [6.07, 6.45) is -4.59. The van der Waals surface area contributed by atoms with Gasteiger partial charge in [0.25, 0.3) is 0 Å². The van der Waals surface area contributed by atoms with Crippen LogP contribution in [0.4, 0.5) is 17.6 Å². The molecular formula is C16H12F4O3. The number of alkyl halides is 3. The number of carbonyl (C=O) groups is 1. The molecular weight excluding hydrogens is 316 g/mol. The fourth-order valence-electron chi connectivity index (χ4n) is 2.12. The van der Waals surface area contributed by atoms with Crippen LogP contribution in [0.15, 0.2) is 36.4 Å². The van der Waals surface area contributed by atoms with E-state index >= 15 is 0 Å². The topological polar surface area (TPSA) is 35.5 Å². The standard InChI is InChI=1S/C16H12F4O3/c1-22-14-8-10(17)4-6-11(14)13-7-9(16(18,19)20)3-5-12(13)15(21)23-2/h3-8H,1-2H3. The number of benzene rings is 2. The summed E-state index contributed by atoms with van der Waals surface area (Å²) in [6, 6.07) is 5.95. The second-order valence-corrected chi connectivity index (χ2v) is 4.59. The highest BCUT2D eigenvalue weighted by Gasteiger charge is 2.32. The summed E-state index contributed by atoms with van der Waals surface area (Å²) in [5, 5.41) is 0. The molecule has 0 aliphatic heterocycles. The number of halogens is 4. The molecule has 23 heavy (non-hydrogen) atoms. The third kappa shape index (κ3) is 3.44. The Labute approximate surface area is 129 Å². The second-order valence-electron chi connectivity index (χ2n) is 4.59. The van der Waals surface area contributed by atoms with E-state index in [-0.39, 0.29) is 22.4 Å². The summed E-state index contributed by atoms with van der Waals surface area (Å²) < 4.78 is 61.7. The first-order valence-electron chi connectivity index (χ1n) is 6.41. The van der Waals surface area contributed by atoms with E-state index in [2.05, 4.69) is 4.74 Å². The Morgan fingerprint density at radius 3 is 2.26 bits per heavy atom. The highest BCUT2D eigenvalue weighted by atomic mass is 19.4. The van der Waals surface area contributed by atoms with Gasteiger partial charge in [-0.2, -0.15) is 13.2 Å². The third-order valence-corrected chi connectivity index (χ3v) is 3.21. The zero-order valence-electron chi connectivity index (χ0n) is 12.2. The number of rotatable bonds is 3. The minimum Gasteiger partial charge on any atom is -0.496 e. The fourth-order valence-corrected chi connectivity index (χ4v) is 2.12. The van der Waals surface area contributed by atoms with E-state index in [1.165, 1.54) is 13.2 Å². The second kappa shape index (κ2) is 6.28. The molecule has 0 unspecified atom stereocenters. The van der Waals surface area contributed by atoms with Gasteiger partial charge in [-0.15, -0.1) is 0 Å². The van der Waals surface area contributed by atoms with Crippen LogP contribution in [0.25, 0.3) is 11.1 Å². The molecule has 0 saturated carbocycles. The van der Waals surface area contributed by atoms with Gasteiger partial charge in [0.1, 0.15) is 11.6 Å². The minimum atomic E-state index is -4.59. The van der Waals surface area contributed by atoms with E-state index in [1.807, 2.05) is 0 Å². The van der Waals surface area contributed by atoms with Crippen molar-refractivity contribution in [3.63, 3.8) is 0 Å². The molecule has 0 atom stereocenters. The number of hydrogen-bond acceptors (Lipinski definition) is 3.